The van der Waals surface area contributed by atoms with Gasteiger partial charge in [0, 0.05) is 0 Å². The van der Waals surface area contributed by atoms with Gasteiger partial charge in [0.2, 0.25) is 0 Å². The highest BCUT2D eigenvalue weighted by Crippen LogP contribution is 2.57. The molecule has 0 heterocycles. The van der Waals surface area contributed by atoms with Gasteiger partial charge in [0.25, 0.3) is 0 Å². The molecule has 4 nitrogen and oxygen atoms in total. The van der Waals surface area contributed by atoms with E-state index in [1.54, 1.807) is 0 Å². The van der Waals surface area contributed by atoms with Gasteiger partial charge < -0.3 is 5.73 Å². The van der Waals surface area contributed by atoms with Crippen molar-refractivity contribution in [3.05, 3.63) is 0 Å². The number of thioether (sulfide) groups is 1. The smallest absolute Gasteiger partial charge is 0.310 e. The van der Waals surface area contributed by atoms with E-state index >= 15 is 0 Å². The van der Waals surface area contributed by atoms with Gasteiger partial charge in [-0.1, -0.05) is 0 Å². The summed E-state index contributed by atoms with van der Waals surface area (Å²) in [6.45, 7) is 0. The van der Waals surface area contributed by atoms with Crippen molar-refractivity contribution in [1.82, 2.24) is 0 Å². The molecular formula is C13H9F18NO3S. The molecule has 1 atom stereocenters. The maximum absolute atomic E-state index is 14.2. The molecule has 1 unspecified atom stereocenters. The van der Waals surface area contributed by atoms with Crippen molar-refractivity contribution in [2.45, 2.75) is 60.0 Å². The fraction of sp³-hybridized carbons (Fsp3) is 0.923. The lowest BCUT2D eigenvalue weighted by Crippen LogP contribution is -2.74. The second kappa shape index (κ2) is 9.66. The summed E-state index contributed by atoms with van der Waals surface area (Å²) in [4.78, 5) is 16.2. The molecule has 0 saturated carbocycles. The Kier molecular flexibility index (Phi) is 9.25. The van der Waals surface area contributed by atoms with Crippen LogP contribution in [0.2, 0.25) is 0 Å². The average molecular weight is 601 g/mol. The highest BCUT2D eigenvalue weighted by atomic mass is 32.2. The van der Waals surface area contributed by atoms with E-state index in [4.69, 9.17) is 0 Å². The van der Waals surface area contributed by atoms with Crippen LogP contribution in [0.1, 0.15) is 6.42 Å². The third kappa shape index (κ3) is 5.23. The first kappa shape index (κ1) is 34.5. The van der Waals surface area contributed by atoms with Crippen LogP contribution in [0.25, 0.3) is 0 Å². The predicted molar refractivity (Wildman–Crippen MR) is 78.9 cm³/mol. The fourth-order valence-electron chi connectivity index (χ4n) is 1.88. The lowest BCUT2D eigenvalue weighted by molar-refractivity contribution is -0.507. The zero-order valence-electron chi connectivity index (χ0n) is 16.4. The summed E-state index contributed by atoms with van der Waals surface area (Å²) in [6.07, 6.45) is -23.6. The van der Waals surface area contributed by atoms with Crippen LogP contribution in [0.4, 0.5) is 79.0 Å². The van der Waals surface area contributed by atoms with Crippen molar-refractivity contribution in [2.24, 2.45) is 5.73 Å². The summed E-state index contributed by atoms with van der Waals surface area (Å²) >= 11 is 0.211. The topological polar surface area (TPSA) is 61.6 Å². The van der Waals surface area contributed by atoms with Gasteiger partial charge in [-0.25, -0.2) is 4.79 Å². The third-order valence-electron chi connectivity index (χ3n) is 4.11. The fourth-order valence-corrected chi connectivity index (χ4v) is 2.41. The Morgan fingerprint density at radius 3 is 1.33 bits per heavy atom. The number of nitrogens with two attached hydrogens (primary N) is 1. The molecule has 23 heteroatoms. The summed E-state index contributed by atoms with van der Waals surface area (Å²) in [5, 5.41) is 0. The van der Waals surface area contributed by atoms with Crippen LogP contribution in [0, 0.1) is 0 Å². The molecule has 0 aromatic rings. The summed E-state index contributed by atoms with van der Waals surface area (Å²) in [6, 6.07) is 0. The second-order valence-electron chi connectivity index (χ2n) is 6.55. The molecule has 2 N–H and O–H groups in total. The zero-order chi connectivity index (χ0) is 29.6. The largest absolute Gasteiger partial charge is 0.461 e. The Labute approximate surface area is 190 Å². The van der Waals surface area contributed by atoms with Crippen LogP contribution in [0.3, 0.4) is 0 Å². The number of rotatable bonds is 11. The molecule has 216 valence electrons. The monoisotopic (exact) mass is 601 g/mol. The van der Waals surface area contributed by atoms with Gasteiger partial charge in [0.1, 0.15) is 0 Å². The van der Waals surface area contributed by atoms with Gasteiger partial charge in [-0.2, -0.15) is 90.8 Å². The average Bonchev–Trinajstić information content (AvgIpc) is 2.67. The van der Waals surface area contributed by atoms with Gasteiger partial charge in [-0.15, -0.1) is 4.89 Å². The lowest BCUT2D eigenvalue weighted by atomic mass is 9.83. The Hall–Kier alpha value is -1.52. The van der Waals surface area contributed by atoms with Crippen LogP contribution in [0.5, 0.6) is 0 Å². The first-order valence-corrected chi connectivity index (χ1v) is 9.41. The molecule has 0 aliphatic rings. The first-order valence-electron chi connectivity index (χ1n) is 8.02. The van der Waals surface area contributed by atoms with E-state index in [9.17, 15) is 83.8 Å². The molecular weight excluding hydrogens is 592 g/mol. The van der Waals surface area contributed by atoms with Crippen molar-refractivity contribution < 1.29 is 93.6 Å². The number of carbonyl (C=O) groups is 1. The molecule has 0 rings (SSSR count). The third-order valence-corrected chi connectivity index (χ3v) is 4.72. The second-order valence-corrected chi connectivity index (χ2v) is 7.54. The maximum atomic E-state index is 14.2. The Morgan fingerprint density at radius 1 is 0.639 bits per heavy atom. The van der Waals surface area contributed by atoms with E-state index in [1.807, 2.05) is 4.89 Å². The molecule has 0 aromatic heterocycles. The SMILES string of the molecule is CSCCC(N)(C(=O)OOC(F)(F)C(F)(F)C(F)(F)C(F)(F)F)C(F)(F)C(F)(F)C(F)(F)C(F)(F)F. The molecule has 0 aliphatic carbocycles. The summed E-state index contributed by atoms with van der Waals surface area (Å²) in [5.74, 6) is -42.9. The van der Waals surface area contributed by atoms with Gasteiger partial charge >= 0.3 is 54.0 Å². The van der Waals surface area contributed by atoms with E-state index < -0.39 is 71.8 Å². The summed E-state index contributed by atoms with van der Waals surface area (Å²) in [7, 11) is 0. The molecule has 36 heavy (non-hydrogen) atoms. The molecule has 0 saturated heterocycles. The van der Waals surface area contributed by atoms with Crippen molar-refractivity contribution in [2.75, 3.05) is 12.0 Å². The molecule has 0 aliphatic heterocycles. The molecule has 0 amide bonds. The first-order chi connectivity index (χ1) is 15.4. The van der Waals surface area contributed by atoms with E-state index in [2.05, 4.69) is 10.6 Å². The normalized spacial score (nSPS) is 17.1. The zero-order valence-corrected chi connectivity index (χ0v) is 17.2. The van der Waals surface area contributed by atoms with Gasteiger partial charge in [0.15, 0.2) is 5.54 Å². The highest BCUT2D eigenvalue weighted by molar-refractivity contribution is 7.98. The lowest BCUT2D eigenvalue weighted by Gasteiger charge is -2.41. The van der Waals surface area contributed by atoms with Crippen molar-refractivity contribution in [1.29, 1.82) is 0 Å². The summed E-state index contributed by atoms with van der Waals surface area (Å²) < 4.78 is 233. The van der Waals surface area contributed by atoms with Crippen molar-refractivity contribution in [3.8, 4) is 0 Å². The Morgan fingerprint density at radius 2 is 1.00 bits per heavy atom. The molecule has 0 fully saturated rings. The standard InChI is InChI=1S/C13H9F18NO3S/c1-36-3-2-5(32,6(14,15)7(16,17)8(18,19)11(24,25)26)4(33)34-35-13(30,31)10(22,23)9(20,21)12(27,28)29/h2-3,32H2,1H3. The molecule has 0 bridgehead atoms. The Bertz CT molecular complexity index is 794. The Balaban J connectivity index is 6.45. The van der Waals surface area contributed by atoms with Crippen LogP contribution >= 0.6 is 11.8 Å². The van der Waals surface area contributed by atoms with E-state index in [0.29, 0.717) is 0 Å². The van der Waals surface area contributed by atoms with Crippen molar-refractivity contribution >= 4 is 17.7 Å². The molecule has 0 aromatic carbocycles. The maximum Gasteiger partial charge on any atom is 0.461 e. The van der Waals surface area contributed by atoms with Crippen molar-refractivity contribution in [3.63, 3.8) is 0 Å². The number of hydrogen-bond acceptors (Lipinski definition) is 5. The minimum atomic E-state index is -7.72. The molecule has 0 radical (unpaired) electrons. The quantitative estimate of drug-likeness (QED) is 0.184. The summed E-state index contributed by atoms with van der Waals surface area (Å²) in [5.41, 5.74) is -0.820. The number of halogens is 18. The van der Waals surface area contributed by atoms with Crippen LogP contribution in [-0.4, -0.2) is 71.6 Å². The van der Waals surface area contributed by atoms with Gasteiger partial charge in [-0.3, -0.25) is 4.89 Å². The number of carbonyl (C=O) groups excluding carboxylic acids is 1. The minimum Gasteiger partial charge on any atom is -0.310 e. The van der Waals surface area contributed by atoms with E-state index in [0.717, 1.165) is 6.26 Å². The van der Waals surface area contributed by atoms with E-state index in [1.165, 1.54) is 0 Å². The predicted octanol–water partition coefficient (Wildman–Crippen LogP) is 5.81. The van der Waals surface area contributed by atoms with Crippen LogP contribution < -0.4 is 5.73 Å². The minimum absolute atomic E-state index is 0.211. The van der Waals surface area contributed by atoms with Crippen LogP contribution in [0.15, 0.2) is 0 Å². The van der Waals surface area contributed by atoms with E-state index in [-0.39, 0.29) is 11.8 Å². The number of alkyl halides is 18. The molecule has 0 spiro atoms. The van der Waals surface area contributed by atoms with Gasteiger partial charge in [0.05, 0.1) is 0 Å². The van der Waals surface area contributed by atoms with Gasteiger partial charge in [-0.05, 0) is 18.4 Å². The van der Waals surface area contributed by atoms with Crippen LogP contribution in [-0.2, 0) is 14.6 Å². The highest BCUT2D eigenvalue weighted by Gasteiger charge is 2.87. The number of hydrogen-bond donors (Lipinski definition) is 1.